The van der Waals surface area contributed by atoms with E-state index in [2.05, 4.69) is 24.1 Å². The van der Waals surface area contributed by atoms with Crippen molar-refractivity contribution >= 4 is 11.8 Å². The Labute approximate surface area is 178 Å². The SMILES string of the molecule is CC(C)[C@@H](NC(=O)c1ccncc1)C(=O)N1CCC(C2C=CC(F)=CC2)C(C)(C)C1. The van der Waals surface area contributed by atoms with E-state index in [1.807, 2.05) is 24.8 Å². The molecule has 2 unspecified atom stereocenters. The Bertz CT molecular complexity index is 832. The van der Waals surface area contributed by atoms with Crippen LogP contribution in [0.15, 0.2) is 48.6 Å². The maximum atomic E-state index is 13.4. The summed E-state index contributed by atoms with van der Waals surface area (Å²) in [5.74, 6) is 0.179. The monoisotopic (exact) mass is 413 g/mol. The Morgan fingerprint density at radius 2 is 1.97 bits per heavy atom. The molecular formula is C24H32FN3O2. The number of hydrogen-bond donors (Lipinski definition) is 1. The van der Waals surface area contributed by atoms with E-state index in [-0.39, 0.29) is 29.0 Å². The second-order valence-corrected chi connectivity index (χ2v) is 9.42. The predicted octanol–water partition coefficient (Wildman–Crippen LogP) is 4.14. The summed E-state index contributed by atoms with van der Waals surface area (Å²) in [7, 11) is 0. The van der Waals surface area contributed by atoms with Gasteiger partial charge in [0.05, 0.1) is 0 Å². The molecule has 3 rings (SSSR count). The van der Waals surface area contributed by atoms with Crippen LogP contribution in [0.4, 0.5) is 4.39 Å². The van der Waals surface area contributed by atoms with Crippen LogP contribution in [-0.4, -0.2) is 40.8 Å². The Kier molecular flexibility index (Phi) is 6.74. The molecule has 2 heterocycles. The predicted molar refractivity (Wildman–Crippen MR) is 115 cm³/mol. The summed E-state index contributed by atoms with van der Waals surface area (Å²) in [4.78, 5) is 31.8. The van der Waals surface area contributed by atoms with Gasteiger partial charge in [-0.2, -0.15) is 0 Å². The molecule has 1 fully saturated rings. The van der Waals surface area contributed by atoms with E-state index in [1.54, 1.807) is 36.7 Å². The maximum absolute atomic E-state index is 13.4. The van der Waals surface area contributed by atoms with Gasteiger partial charge in [0.25, 0.3) is 5.91 Å². The van der Waals surface area contributed by atoms with Gasteiger partial charge in [0.2, 0.25) is 5.91 Å². The van der Waals surface area contributed by atoms with Gasteiger partial charge in [-0.15, -0.1) is 0 Å². The van der Waals surface area contributed by atoms with Crippen LogP contribution in [0.5, 0.6) is 0 Å². The maximum Gasteiger partial charge on any atom is 0.252 e. The third kappa shape index (κ3) is 4.97. The van der Waals surface area contributed by atoms with E-state index in [0.29, 0.717) is 36.9 Å². The number of aromatic nitrogens is 1. The molecule has 1 N–H and O–H groups in total. The summed E-state index contributed by atoms with van der Waals surface area (Å²) in [5.41, 5.74) is 0.396. The third-order valence-corrected chi connectivity index (χ3v) is 6.39. The molecular weight excluding hydrogens is 381 g/mol. The number of nitrogens with one attached hydrogen (secondary N) is 1. The lowest BCUT2D eigenvalue weighted by molar-refractivity contribution is -0.139. The smallest absolute Gasteiger partial charge is 0.252 e. The zero-order chi connectivity index (χ0) is 21.9. The third-order valence-electron chi connectivity index (χ3n) is 6.39. The van der Waals surface area contributed by atoms with Crippen molar-refractivity contribution in [2.75, 3.05) is 13.1 Å². The molecule has 0 radical (unpaired) electrons. The molecule has 6 heteroatoms. The van der Waals surface area contributed by atoms with Crippen molar-refractivity contribution in [1.82, 2.24) is 15.2 Å². The second kappa shape index (κ2) is 9.11. The number of allylic oxidation sites excluding steroid dienone is 4. The topological polar surface area (TPSA) is 62.3 Å². The van der Waals surface area contributed by atoms with Gasteiger partial charge in [-0.25, -0.2) is 4.39 Å². The number of likely N-dealkylation sites (tertiary alicyclic amines) is 1. The van der Waals surface area contributed by atoms with E-state index in [1.165, 1.54) is 0 Å². The molecule has 1 aromatic rings. The van der Waals surface area contributed by atoms with Gasteiger partial charge in [-0.1, -0.05) is 33.8 Å². The molecule has 5 nitrogen and oxygen atoms in total. The van der Waals surface area contributed by atoms with Crippen LogP contribution >= 0.6 is 0 Å². The van der Waals surface area contributed by atoms with Crippen LogP contribution < -0.4 is 5.32 Å². The largest absolute Gasteiger partial charge is 0.340 e. The van der Waals surface area contributed by atoms with Crippen LogP contribution in [-0.2, 0) is 4.79 Å². The Morgan fingerprint density at radius 1 is 1.27 bits per heavy atom. The first kappa shape index (κ1) is 22.2. The highest BCUT2D eigenvalue weighted by atomic mass is 19.1. The molecule has 0 bridgehead atoms. The van der Waals surface area contributed by atoms with E-state index in [4.69, 9.17) is 0 Å². The van der Waals surface area contributed by atoms with Crippen molar-refractivity contribution in [3.8, 4) is 0 Å². The molecule has 1 aromatic heterocycles. The number of amides is 2. The fourth-order valence-electron chi connectivity index (χ4n) is 4.70. The molecule has 1 aliphatic heterocycles. The molecule has 2 amide bonds. The first-order valence-corrected chi connectivity index (χ1v) is 10.7. The van der Waals surface area contributed by atoms with Crippen LogP contribution in [0.3, 0.4) is 0 Å². The molecule has 30 heavy (non-hydrogen) atoms. The van der Waals surface area contributed by atoms with E-state index >= 15 is 0 Å². The molecule has 1 aliphatic carbocycles. The zero-order valence-electron chi connectivity index (χ0n) is 18.3. The molecule has 3 atom stereocenters. The minimum atomic E-state index is -0.579. The van der Waals surface area contributed by atoms with Crippen LogP contribution in [0, 0.1) is 23.2 Å². The molecule has 0 saturated carbocycles. The number of piperidine rings is 1. The lowest BCUT2D eigenvalue weighted by Crippen LogP contribution is -2.57. The summed E-state index contributed by atoms with van der Waals surface area (Å²) in [6.07, 6.45) is 9.90. The standard InChI is InChI=1S/C24H32FN3O2/c1-16(2)21(27-22(29)18-9-12-26-13-10-18)23(30)28-14-11-20(24(3,4)15-28)17-5-7-19(25)8-6-17/h5,7-10,12-13,16-17,20-21H,6,11,14-15H2,1-4H3,(H,27,29)/t17?,20?,21-/m1/s1. The molecule has 162 valence electrons. The van der Waals surface area contributed by atoms with Crippen molar-refractivity contribution in [2.24, 2.45) is 23.2 Å². The first-order valence-electron chi connectivity index (χ1n) is 10.7. The van der Waals surface area contributed by atoms with Crippen LogP contribution in [0.2, 0.25) is 0 Å². The number of hydrogen-bond acceptors (Lipinski definition) is 3. The van der Waals surface area contributed by atoms with Crippen LogP contribution in [0.1, 0.15) is 50.9 Å². The van der Waals surface area contributed by atoms with Crippen molar-refractivity contribution in [2.45, 2.75) is 46.6 Å². The van der Waals surface area contributed by atoms with Gasteiger partial charge >= 0.3 is 0 Å². The summed E-state index contributed by atoms with van der Waals surface area (Å²) < 4.78 is 13.4. The van der Waals surface area contributed by atoms with Gasteiger partial charge in [0.1, 0.15) is 11.9 Å². The van der Waals surface area contributed by atoms with Gasteiger partial charge < -0.3 is 10.2 Å². The number of carbonyl (C=O) groups is 2. The van der Waals surface area contributed by atoms with Gasteiger partial charge in [0, 0.05) is 31.0 Å². The van der Waals surface area contributed by atoms with E-state index < -0.39 is 6.04 Å². The molecule has 1 saturated heterocycles. The molecule has 0 aromatic carbocycles. The van der Waals surface area contributed by atoms with Gasteiger partial charge in [-0.05, 0) is 60.3 Å². The Hall–Kier alpha value is -2.50. The van der Waals surface area contributed by atoms with Crippen molar-refractivity contribution < 1.29 is 14.0 Å². The highest BCUT2D eigenvalue weighted by molar-refractivity contribution is 5.97. The average Bonchev–Trinajstić information content (AvgIpc) is 2.72. The fourth-order valence-corrected chi connectivity index (χ4v) is 4.70. The van der Waals surface area contributed by atoms with Crippen molar-refractivity contribution in [3.63, 3.8) is 0 Å². The number of rotatable bonds is 5. The fraction of sp³-hybridized carbons (Fsp3) is 0.542. The quantitative estimate of drug-likeness (QED) is 0.789. The van der Waals surface area contributed by atoms with Crippen molar-refractivity contribution in [3.05, 3.63) is 54.1 Å². The number of nitrogens with zero attached hydrogens (tertiary/aromatic N) is 2. The molecule has 2 aliphatic rings. The van der Waals surface area contributed by atoms with E-state index in [0.717, 1.165) is 6.42 Å². The molecule has 0 spiro atoms. The summed E-state index contributed by atoms with van der Waals surface area (Å²) in [6, 6.07) is 2.70. The normalized spacial score (nSPS) is 24.3. The van der Waals surface area contributed by atoms with E-state index in [9.17, 15) is 14.0 Å². The highest BCUT2D eigenvalue weighted by Crippen LogP contribution is 2.43. The van der Waals surface area contributed by atoms with Gasteiger partial charge in [-0.3, -0.25) is 14.6 Å². The Morgan fingerprint density at radius 3 is 2.53 bits per heavy atom. The highest BCUT2D eigenvalue weighted by Gasteiger charge is 2.42. The number of pyridine rings is 1. The average molecular weight is 414 g/mol. The van der Waals surface area contributed by atoms with Crippen molar-refractivity contribution in [1.29, 1.82) is 0 Å². The lowest BCUT2D eigenvalue weighted by atomic mass is 9.66. The number of carbonyl (C=O) groups excluding carboxylic acids is 2. The summed E-state index contributed by atoms with van der Waals surface area (Å²) in [5, 5.41) is 2.92. The second-order valence-electron chi connectivity index (χ2n) is 9.42. The minimum absolute atomic E-state index is 0.0292. The minimum Gasteiger partial charge on any atom is -0.340 e. The first-order chi connectivity index (χ1) is 14.2. The lowest BCUT2D eigenvalue weighted by Gasteiger charge is -2.48. The summed E-state index contributed by atoms with van der Waals surface area (Å²) in [6.45, 7) is 9.53. The van der Waals surface area contributed by atoms with Crippen LogP contribution in [0.25, 0.3) is 0 Å². The summed E-state index contributed by atoms with van der Waals surface area (Å²) >= 11 is 0. The van der Waals surface area contributed by atoms with Gasteiger partial charge in [0.15, 0.2) is 0 Å². The number of halogens is 1. The Balaban J connectivity index is 1.68. The zero-order valence-corrected chi connectivity index (χ0v) is 18.3.